The number of halogens is 1. The number of pyridine rings is 1. The molecule has 8 nitrogen and oxygen atoms in total. The second-order valence-corrected chi connectivity index (χ2v) is 13.1. The van der Waals surface area contributed by atoms with Crippen molar-refractivity contribution >= 4 is 28.8 Å². The molecule has 0 bridgehead atoms. The molecule has 0 saturated carbocycles. The molecular weight excluding hydrogens is 560 g/mol. The molecule has 3 aliphatic heterocycles. The summed E-state index contributed by atoms with van der Waals surface area (Å²) in [6, 6.07) is 19.5. The highest BCUT2D eigenvalue weighted by molar-refractivity contribution is 6.30. The van der Waals surface area contributed by atoms with Gasteiger partial charge in [0.25, 0.3) is 5.91 Å². The van der Waals surface area contributed by atoms with Gasteiger partial charge in [-0.3, -0.25) is 4.79 Å². The molecule has 224 valence electrons. The molecule has 0 radical (unpaired) electrons. The first-order chi connectivity index (χ1) is 20.9. The number of likely N-dealkylation sites (tertiary alicyclic amines) is 1. The largest absolute Gasteiger partial charge is 0.385 e. The van der Waals surface area contributed by atoms with E-state index in [-0.39, 0.29) is 5.91 Å². The maximum absolute atomic E-state index is 13.2. The molecule has 0 atom stereocenters. The molecule has 0 aliphatic carbocycles. The summed E-state index contributed by atoms with van der Waals surface area (Å²) in [7, 11) is 0. The number of nitrogens with one attached hydrogen (secondary N) is 1. The minimum absolute atomic E-state index is 0.135. The van der Waals surface area contributed by atoms with Crippen LogP contribution in [0.25, 0.3) is 5.65 Å². The van der Waals surface area contributed by atoms with Crippen molar-refractivity contribution in [2.24, 2.45) is 5.41 Å². The summed E-state index contributed by atoms with van der Waals surface area (Å²) in [5, 5.41) is 20.2. The smallest absolute Gasteiger partial charge is 0.253 e. The number of carbonyl (C=O) groups is 1. The lowest BCUT2D eigenvalue weighted by molar-refractivity contribution is 0.0118. The van der Waals surface area contributed by atoms with E-state index in [0.29, 0.717) is 42.8 Å². The Labute approximate surface area is 257 Å². The number of aromatic nitrogens is 3. The van der Waals surface area contributed by atoms with Crippen LogP contribution in [0.15, 0.2) is 66.9 Å². The monoisotopic (exact) mass is 598 g/mol. The quantitative estimate of drug-likeness (QED) is 0.334. The number of hydrogen-bond acceptors (Lipinski definition) is 6. The van der Waals surface area contributed by atoms with E-state index in [1.165, 1.54) is 12.8 Å². The van der Waals surface area contributed by atoms with Gasteiger partial charge in [-0.1, -0.05) is 35.9 Å². The van der Waals surface area contributed by atoms with Gasteiger partial charge in [0.1, 0.15) is 0 Å². The van der Waals surface area contributed by atoms with Gasteiger partial charge in [0, 0.05) is 49.4 Å². The second kappa shape index (κ2) is 11.6. The maximum atomic E-state index is 13.2. The Hall–Kier alpha value is -3.46. The third-order valence-corrected chi connectivity index (χ3v) is 10.3. The van der Waals surface area contributed by atoms with Crippen molar-refractivity contribution in [1.29, 1.82) is 0 Å². The van der Waals surface area contributed by atoms with Gasteiger partial charge < -0.3 is 20.2 Å². The first kappa shape index (κ1) is 28.3. The van der Waals surface area contributed by atoms with E-state index in [4.69, 9.17) is 21.7 Å². The van der Waals surface area contributed by atoms with Crippen LogP contribution in [0.2, 0.25) is 5.02 Å². The van der Waals surface area contributed by atoms with Crippen LogP contribution in [-0.4, -0.2) is 69.8 Å². The molecule has 9 heteroatoms. The number of piperidine rings is 3. The van der Waals surface area contributed by atoms with E-state index >= 15 is 0 Å². The van der Waals surface area contributed by atoms with Crippen LogP contribution in [0.3, 0.4) is 0 Å². The molecular formula is C34H39ClN6O2. The molecule has 2 aromatic heterocycles. The number of anilines is 1. The van der Waals surface area contributed by atoms with E-state index in [2.05, 4.69) is 16.3 Å². The van der Waals surface area contributed by atoms with E-state index in [9.17, 15) is 9.90 Å². The lowest BCUT2D eigenvalue weighted by Gasteiger charge is -2.44. The van der Waals surface area contributed by atoms with Crippen LogP contribution in [0.4, 0.5) is 5.69 Å². The van der Waals surface area contributed by atoms with Gasteiger partial charge >= 0.3 is 0 Å². The number of carbonyl (C=O) groups excluding carboxylic acids is 1. The van der Waals surface area contributed by atoms with E-state index < -0.39 is 5.60 Å². The first-order valence-electron chi connectivity index (χ1n) is 15.6. The standard InChI is InChI=1S/C34H39ClN6O2/c35-28-9-7-27(8-10-28)34(43)15-22-39(23-16-34)29-2-1-19-41-31(29)37-30(38-41)24-25-3-5-26(6-4-25)32(42)40-20-13-33(14-21-40)11-17-36-18-12-33/h1-10,19,36,43H,11-18,20-24H2. The third-order valence-electron chi connectivity index (χ3n) is 10.0. The Balaban J connectivity index is 0.996. The molecule has 7 rings (SSSR count). The van der Waals surface area contributed by atoms with Gasteiger partial charge in [-0.15, -0.1) is 0 Å². The fourth-order valence-corrected chi connectivity index (χ4v) is 7.32. The Morgan fingerprint density at radius 2 is 1.58 bits per heavy atom. The Morgan fingerprint density at radius 3 is 2.28 bits per heavy atom. The number of rotatable bonds is 5. The summed E-state index contributed by atoms with van der Waals surface area (Å²) < 4.78 is 1.84. The van der Waals surface area contributed by atoms with Crippen LogP contribution < -0.4 is 10.2 Å². The van der Waals surface area contributed by atoms with Gasteiger partial charge in [0.15, 0.2) is 11.5 Å². The molecule has 3 fully saturated rings. The van der Waals surface area contributed by atoms with E-state index in [0.717, 1.165) is 72.9 Å². The van der Waals surface area contributed by atoms with Gasteiger partial charge in [0.2, 0.25) is 0 Å². The molecule has 2 aromatic carbocycles. The highest BCUT2D eigenvalue weighted by Crippen LogP contribution is 2.40. The summed E-state index contributed by atoms with van der Waals surface area (Å²) in [6.07, 6.45) is 8.45. The molecule has 5 heterocycles. The molecule has 3 aliphatic rings. The normalized spacial score (nSPS) is 20.0. The number of nitrogens with zero attached hydrogens (tertiary/aromatic N) is 5. The number of aliphatic hydroxyl groups is 1. The van der Waals surface area contributed by atoms with Crippen molar-refractivity contribution < 1.29 is 9.90 Å². The molecule has 1 spiro atoms. The van der Waals surface area contributed by atoms with Crippen molar-refractivity contribution in [1.82, 2.24) is 24.8 Å². The van der Waals surface area contributed by atoms with Crippen LogP contribution >= 0.6 is 11.6 Å². The zero-order valence-electron chi connectivity index (χ0n) is 24.5. The average molecular weight is 599 g/mol. The number of amides is 1. The van der Waals surface area contributed by atoms with Gasteiger partial charge in [0.05, 0.1) is 11.3 Å². The molecule has 4 aromatic rings. The zero-order chi connectivity index (χ0) is 29.4. The SMILES string of the molecule is O=C(c1ccc(Cc2nc3c(N4CCC(O)(c5ccc(Cl)cc5)CC4)cccn3n2)cc1)N1CCC2(CCNCC2)CC1. The Kier molecular flexibility index (Phi) is 7.61. The van der Waals surface area contributed by atoms with E-state index in [1.807, 2.05) is 70.2 Å². The molecule has 3 saturated heterocycles. The average Bonchev–Trinajstić information content (AvgIpc) is 3.45. The predicted molar refractivity (Wildman–Crippen MR) is 169 cm³/mol. The fraction of sp³-hybridized carbons (Fsp3) is 0.441. The molecule has 0 unspecified atom stereocenters. The summed E-state index contributed by atoms with van der Waals surface area (Å²) in [5.41, 5.74) is 4.15. The second-order valence-electron chi connectivity index (χ2n) is 12.6. The highest BCUT2D eigenvalue weighted by Gasteiger charge is 2.37. The third kappa shape index (κ3) is 5.76. The van der Waals surface area contributed by atoms with Crippen molar-refractivity contribution in [3.8, 4) is 0 Å². The summed E-state index contributed by atoms with van der Waals surface area (Å²) >= 11 is 6.06. The zero-order valence-corrected chi connectivity index (χ0v) is 25.3. The van der Waals surface area contributed by atoms with Gasteiger partial charge in [-0.25, -0.2) is 9.50 Å². The van der Waals surface area contributed by atoms with Crippen molar-refractivity contribution in [2.45, 2.75) is 50.5 Å². The number of benzene rings is 2. The topological polar surface area (TPSA) is 86.0 Å². The first-order valence-corrected chi connectivity index (χ1v) is 15.9. The van der Waals surface area contributed by atoms with Crippen molar-refractivity contribution in [2.75, 3.05) is 44.2 Å². The Morgan fingerprint density at radius 1 is 0.884 bits per heavy atom. The predicted octanol–water partition coefficient (Wildman–Crippen LogP) is 5.07. The van der Waals surface area contributed by atoms with Crippen LogP contribution in [-0.2, 0) is 12.0 Å². The molecule has 1 amide bonds. The fourth-order valence-electron chi connectivity index (χ4n) is 7.20. The van der Waals surface area contributed by atoms with Gasteiger partial charge in [-0.05, 0) is 105 Å². The molecule has 2 N–H and O–H groups in total. The van der Waals surface area contributed by atoms with Crippen LogP contribution in [0, 0.1) is 5.41 Å². The van der Waals surface area contributed by atoms with Crippen LogP contribution in [0.1, 0.15) is 65.8 Å². The lowest BCUT2D eigenvalue weighted by Crippen LogP contribution is -2.47. The Bertz CT molecular complexity index is 1580. The number of hydrogen-bond donors (Lipinski definition) is 2. The van der Waals surface area contributed by atoms with Crippen molar-refractivity contribution in [3.63, 3.8) is 0 Å². The maximum Gasteiger partial charge on any atom is 0.253 e. The van der Waals surface area contributed by atoms with Crippen molar-refractivity contribution in [3.05, 3.63) is 94.4 Å². The van der Waals surface area contributed by atoms with Crippen LogP contribution in [0.5, 0.6) is 0 Å². The molecule has 43 heavy (non-hydrogen) atoms. The summed E-state index contributed by atoms with van der Waals surface area (Å²) in [4.78, 5) is 22.5. The van der Waals surface area contributed by atoms with Gasteiger partial charge in [-0.2, -0.15) is 5.10 Å². The number of fused-ring (bicyclic) bond motifs is 1. The highest BCUT2D eigenvalue weighted by atomic mass is 35.5. The minimum atomic E-state index is -0.859. The van der Waals surface area contributed by atoms with E-state index in [1.54, 1.807) is 0 Å². The lowest BCUT2D eigenvalue weighted by atomic mass is 9.71. The summed E-state index contributed by atoms with van der Waals surface area (Å²) in [6.45, 7) is 5.34. The summed E-state index contributed by atoms with van der Waals surface area (Å²) in [5.74, 6) is 0.875. The minimum Gasteiger partial charge on any atom is -0.385 e.